The number of rotatable bonds is 10. The average molecular weight is 258 g/mol. The number of nitrogens with zero attached hydrogens (tertiary/aromatic N) is 1. The van der Waals surface area contributed by atoms with Gasteiger partial charge in [-0.1, -0.05) is 34.6 Å². The SMILES string of the molecule is COCCN(CCNCCC(C)(C)C)CC(C)C. The van der Waals surface area contributed by atoms with Crippen molar-refractivity contribution in [1.29, 1.82) is 0 Å². The Kier molecular flexibility index (Phi) is 9.70. The first-order valence-electron chi connectivity index (χ1n) is 7.27. The van der Waals surface area contributed by atoms with E-state index in [-0.39, 0.29) is 0 Å². The van der Waals surface area contributed by atoms with Crippen molar-refractivity contribution in [1.82, 2.24) is 10.2 Å². The molecule has 3 heteroatoms. The maximum absolute atomic E-state index is 5.16. The molecule has 0 fully saturated rings. The first kappa shape index (κ1) is 17.9. The van der Waals surface area contributed by atoms with E-state index in [4.69, 9.17) is 4.74 Å². The minimum atomic E-state index is 0.431. The summed E-state index contributed by atoms with van der Waals surface area (Å²) in [6, 6.07) is 0. The minimum Gasteiger partial charge on any atom is -0.383 e. The predicted octanol–water partition coefficient (Wildman–Crippen LogP) is 2.62. The van der Waals surface area contributed by atoms with Crippen LogP contribution in [0, 0.1) is 11.3 Å². The lowest BCUT2D eigenvalue weighted by Crippen LogP contribution is -2.37. The summed E-state index contributed by atoms with van der Waals surface area (Å²) in [5, 5.41) is 3.54. The van der Waals surface area contributed by atoms with E-state index in [0.717, 1.165) is 45.2 Å². The Morgan fingerprint density at radius 3 is 2.28 bits per heavy atom. The number of ether oxygens (including phenoxy) is 1. The Hall–Kier alpha value is -0.120. The standard InChI is InChI=1S/C15H34N2O/c1-14(2)13-17(11-12-18-6)10-9-16-8-7-15(3,4)5/h14,16H,7-13H2,1-6H3. The van der Waals surface area contributed by atoms with Crippen molar-refractivity contribution in [2.24, 2.45) is 11.3 Å². The molecule has 0 amide bonds. The summed E-state index contributed by atoms with van der Waals surface area (Å²) < 4.78 is 5.16. The van der Waals surface area contributed by atoms with E-state index in [1.165, 1.54) is 6.42 Å². The fraction of sp³-hybridized carbons (Fsp3) is 1.00. The third-order valence-electron chi connectivity index (χ3n) is 2.89. The van der Waals surface area contributed by atoms with E-state index in [9.17, 15) is 0 Å². The van der Waals surface area contributed by atoms with Gasteiger partial charge in [0.05, 0.1) is 6.61 Å². The van der Waals surface area contributed by atoms with E-state index >= 15 is 0 Å². The maximum atomic E-state index is 5.16. The van der Waals surface area contributed by atoms with Crippen LogP contribution in [0.4, 0.5) is 0 Å². The molecule has 0 aliphatic rings. The Labute approximate surface area is 114 Å². The monoisotopic (exact) mass is 258 g/mol. The van der Waals surface area contributed by atoms with E-state index in [1.807, 2.05) is 0 Å². The second kappa shape index (κ2) is 9.76. The molecule has 0 saturated carbocycles. The van der Waals surface area contributed by atoms with Crippen LogP contribution >= 0.6 is 0 Å². The molecular formula is C15H34N2O. The molecule has 0 bridgehead atoms. The first-order chi connectivity index (χ1) is 8.35. The van der Waals surface area contributed by atoms with Gasteiger partial charge in [0, 0.05) is 33.3 Å². The van der Waals surface area contributed by atoms with E-state index in [2.05, 4.69) is 44.8 Å². The molecule has 0 aliphatic heterocycles. The van der Waals surface area contributed by atoms with Crippen molar-refractivity contribution in [3.63, 3.8) is 0 Å². The van der Waals surface area contributed by atoms with Crippen molar-refractivity contribution in [3.8, 4) is 0 Å². The molecule has 0 aromatic carbocycles. The lowest BCUT2D eigenvalue weighted by Gasteiger charge is -2.24. The molecule has 0 aromatic rings. The summed E-state index contributed by atoms with van der Waals surface area (Å²) in [5.74, 6) is 0.719. The molecule has 0 radical (unpaired) electrons. The number of hydrogen-bond acceptors (Lipinski definition) is 3. The normalized spacial score (nSPS) is 12.7. The van der Waals surface area contributed by atoms with Gasteiger partial charge >= 0.3 is 0 Å². The largest absolute Gasteiger partial charge is 0.383 e. The average Bonchev–Trinajstić information content (AvgIpc) is 2.22. The number of hydrogen-bond donors (Lipinski definition) is 1. The molecule has 0 rings (SSSR count). The van der Waals surface area contributed by atoms with E-state index in [0.29, 0.717) is 5.41 Å². The van der Waals surface area contributed by atoms with Crippen molar-refractivity contribution >= 4 is 0 Å². The molecule has 0 saturated heterocycles. The molecule has 0 spiro atoms. The molecule has 0 unspecified atom stereocenters. The predicted molar refractivity (Wildman–Crippen MR) is 80.1 cm³/mol. The second-order valence-electron chi connectivity index (χ2n) is 6.75. The topological polar surface area (TPSA) is 24.5 Å². The molecule has 0 heterocycles. The lowest BCUT2D eigenvalue weighted by atomic mass is 9.92. The zero-order valence-electron chi connectivity index (χ0n) is 13.4. The van der Waals surface area contributed by atoms with Gasteiger partial charge in [0.1, 0.15) is 0 Å². The molecule has 1 N–H and O–H groups in total. The fourth-order valence-corrected chi connectivity index (χ4v) is 1.86. The Morgan fingerprint density at radius 2 is 1.78 bits per heavy atom. The van der Waals surface area contributed by atoms with Gasteiger partial charge < -0.3 is 10.1 Å². The van der Waals surface area contributed by atoms with Gasteiger partial charge in [-0.3, -0.25) is 4.90 Å². The van der Waals surface area contributed by atoms with Crippen molar-refractivity contribution in [2.75, 3.05) is 46.4 Å². The molecule has 3 nitrogen and oxygen atoms in total. The summed E-state index contributed by atoms with van der Waals surface area (Å²) >= 11 is 0. The van der Waals surface area contributed by atoms with E-state index in [1.54, 1.807) is 7.11 Å². The molecule has 0 atom stereocenters. The first-order valence-corrected chi connectivity index (χ1v) is 7.27. The molecular weight excluding hydrogens is 224 g/mol. The van der Waals surface area contributed by atoms with Crippen molar-refractivity contribution in [3.05, 3.63) is 0 Å². The van der Waals surface area contributed by atoms with E-state index < -0.39 is 0 Å². The van der Waals surface area contributed by atoms with Crippen LogP contribution in [0.15, 0.2) is 0 Å². The quantitative estimate of drug-likeness (QED) is 0.610. The Balaban J connectivity index is 3.68. The van der Waals surface area contributed by atoms with Crippen LogP contribution in [0.3, 0.4) is 0 Å². The van der Waals surface area contributed by atoms with Crippen LogP contribution in [-0.4, -0.2) is 51.3 Å². The summed E-state index contributed by atoms with van der Waals surface area (Å²) in [5.41, 5.74) is 0.431. The Morgan fingerprint density at radius 1 is 1.11 bits per heavy atom. The minimum absolute atomic E-state index is 0.431. The summed E-state index contributed by atoms with van der Waals surface area (Å²) in [6.45, 7) is 17.7. The molecule has 0 aliphatic carbocycles. The maximum Gasteiger partial charge on any atom is 0.0589 e. The third-order valence-corrected chi connectivity index (χ3v) is 2.89. The van der Waals surface area contributed by atoms with Gasteiger partial charge in [-0.25, -0.2) is 0 Å². The highest BCUT2D eigenvalue weighted by Crippen LogP contribution is 2.16. The highest BCUT2D eigenvalue weighted by molar-refractivity contribution is 4.65. The number of nitrogens with one attached hydrogen (secondary N) is 1. The van der Waals surface area contributed by atoms with Gasteiger partial charge in [0.2, 0.25) is 0 Å². The van der Waals surface area contributed by atoms with Gasteiger partial charge in [0.15, 0.2) is 0 Å². The number of methoxy groups -OCH3 is 1. The van der Waals surface area contributed by atoms with Crippen LogP contribution in [0.25, 0.3) is 0 Å². The summed E-state index contributed by atoms with van der Waals surface area (Å²) in [4.78, 5) is 2.48. The zero-order valence-corrected chi connectivity index (χ0v) is 13.4. The smallest absolute Gasteiger partial charge is 0.0589 e. The van der Waals surface area contributed by atoms with Gasteiger partial charge in [-0.15, -0.1) is 0 Å². The fourth-order valence-electron chi connectivity index (χ4n) is 1.86. The highest BCUT2D eigenvalue weighted by Gasteiger charge is 2.09. The van der Waals surface area contributed by atoms with Crippen LogP contribution in [0.5, 0.6) is 0 Å². The zero-order chi connectivity index (χ0) is 14.0. The summed E-state index contributed by atoms with van der Waals surface area (Å²) in [6.07, 6.45) is 1.23. The van der Waals surface area contributed by atoms with Crippen molar-refractivity contribution < 1.29 is 4.74 Å². The molecule has 0 aromatic heterocycles. The third kappa shape index (κ3) is 12.3. The van der Waals surface area contributed by atoms with Gasteiger partial charge in [0.25, 0.3) is 0 Å². The summed E-state index contributed by atoms with van der Waals surface area (Å²) in [7, 11) is 1.77. The van der Waals surface area contributed by atoms with Crippen molar-refractivity contribution in [2.45, 2.75) is 41.0 Å². The molecule has 18 heavy (non-hydrogen) atoms. The lowest BCUT2D eigenvalue weighted by molar-refractivity contribution is 0.140. The van der Waals surface area contributed by atoms with Crippen LogP contribution < -0.4 is 5.32 Å². The Bertz CT molecular complexity index is 187. The van der Waals surface area contributed by atoms with Crippen LogP contribution in [-0.2, 0) is 4.74 Å². The second-order valence-corrected chi connectivity index (χ2v) is 6.75. The molecule has 110 valence electrons. The highest BCUT2D eigenvalue weighted by atomic mass is 16.5. The van der Waals surface area contributed by atoms with Gasteiger partial charge in [-0.05, 0) is 24.3 Å². The van der Waals surface area contributed by atoms with Gasteiger partial charge in [-0.2, -0.15) is 0 Å². The van der Waals surface area contributed by atoms with Crippen LogP contribution in [0.2, 0.25) is 0 Å². The van der Waals surface area contributed by atoms with Crippen LogP contribution in [0.1, 0.15) is 41.0 Å².